The van der Waals surface area contributed by atoms with Gasteiger partial charge in [0.25, 0.3) is 0 Å². The standard InChI is InChI=1S/C25H54O2Si/c1-5-7-9-10-11-12-13-14-15-16-17-18-19-20-21-22-23-25-28(26-3,27-4)24-8-6-2/h5-25H2,1-4H3. The lowest BCUT2D eigenvalue weighted by Crippen LogP contribution is -2.39. The van der Waals surface area contributed by atoms with E-state index < -0.39 is 8.56 Å². The molecule has 0 N–H and O–H groups in total. The van der Waals surface area contributed by atoms with Crippen molar-refractivity contribution in [1.82, 2.24) is 0 Å². The molecule has 0 spiro atoms. The molecule has 0 aromatic rings. The third-order valence-corrected chi connectivity index (χ3v) is 10.0. The van der Waals surface area contributed by atoms with E-state index in [-0.39, 0.29) is 0 Å². The van der Waals surface area contributed by atoms with E-state index in [1.807, 2.05) is 14.2 Å². The Morgan fingerprint density at radius 1 is 0.393 bits per heavy atom. The van der Waals surface area contributed by atoms with Gasteiger partial charge in [0.1, 0.15) is 0 Å². The van der Waals surface area contributed by atoms with Crippen molar-refractivity contribution in [2.24, 2.45) is 0 Å². The quantitative estimate of drug-likeness (QED) is 0.122. The van der Waals surface area contributed by atoms with Gasteiger partial charge in [0.15, 0.2) is 0 Å². The first-order valence-electron chi connectivity index (χ1n) is 12.8. The molecule has 0 bridgehead atoms. The highest BCUT2D eigenvalue weighted by atomic mass is 28.4. The van der Waals surface area contributed by atoms with Gasteiger partial charge in [-0.3, -0.25) is 0 Å². The van der Waals surface area contributed by atoms with Crippen molar-refractivity contribution < 1.29 is 8.85 Å². The van der Waals surface area contributed by atoms with Crippen molar-refractivity contribution >= 4 is 8.56 Å². The predicted molar refractivity (Wildman–Crippen MR) is 128 cm³/mol. The SMILES string of the molecule is CCCCCCCCCCCCCCCCCCC[Si](CCCC)(OC)OC. The van der Waals surface area contributed by atoms with Gasteiger partial charge < -0.3 is 8.85 Å². The lowest BCUT2D eigenvalue weighted by molar-refractivity contribution is 0.238. The molecule has 170 valence electrons. The lowest BCUT2D eigenvalue weighted by atomic mass is 10.0. The summed E-state index contributed by atoms with van der Waals surface area (Å²) in [6, 6.07) is 2.34. The average molecular weight is 415 g/mol. The molecule has 0 unspecified atom stereocenters. The van der Waals surface area contributed by atoms with Gasteiger partial charge in [-0.05, 0) is 12.1 Å². The summed E-state index contributed by atoms with van der Waals surface area (Å²) in [6.45, 7) is 4.55. The topological polar surface area (TPSA) is 18.5 Å². The monoisotopic (exact) mass is 414 g/mol. The molecule has 0 aromatic heterocycles. The zero-order chi connectivity index (χ0) is 20.8. The largest absolute Gasteiger partial charge is 0.398 e. The van der Waals surface area contributed by atoms with E-state index in [9.17, 15) is 0 Å². The molecule has 0 heterocycles. The number of hydrogen-bond donors (Lipinski definition) is 0. The maximum Gasteiger partial charge on any atom is 0.337 e. The van der Waals surface area contributed by atoms with E-state index in [2.05, 4.69) is 13.8 Å². The maximum absolute atomic E-state index is 5.83. The van der Waals surface area contributed by atoms with Crippen LogP contribution in [0.25, 0.3) is 0 Å². The third kappa shape index (κ3) is 17.0. The molecule has 0 saturated carbocycles. The molecule has 0 rings (SSSR count). The highest BCUT2D eigenvalue weighted by molar-refractivity contribution is 6.67. The molecule has 0 atom stereocenters. The van der Waals surface area contributed by atoms with E-state index >= 15 is 0 Å². The fourth-order valence-electron chi connectivity index (χ4n) is 4.18. The number of unbranched alkanes of at least 4 members (excludes halogenated alkanes) is 17. The van der Waals surface area contributed by atoms with Gasteiger partial charge in [-0.2, -0.15) is 0 Å². The normalized spacial score (nSPS) is 12.0. The van der Waals surface area contributed by atoms with Gasteiger partial charge in [-0.25, -0.2) is 0 Å². The second-order valence-corrected chi connectivity index (χ2v) is 12.5. The molecule has 0 aliphatic rings. The average Bonchev–Trinajstić information content (AvgIpc) is 2.73. The zero-order valence-electron chi connectivity index (χ0n) is 20.2. The van der Waals surface area contributed by atoms with Gasteiger partial charge in [-0.1, -0.05) is 136 Å². The predicted octanol–water partition coefficient (Wildman–Crippen LogP) is 9.17. The molecule has 28 heavy (non-hydrogen) atoms. The Kier molecular flexibility index (Phi) is 21.9. The van der Waals surface area contributed by atoms with E-state index in [1.54, 1.807) is 0 Å². The van der Waals surface area contributed by atoms with Crippen LogP contribution in [0.1, 0.15) is 136 Å². The Morgan fingerprint density at radius 3 is 1.00 bits per heavy atom. The first-order valence-corrected chi connectivity index (χ1v) is 15.1. The lowest BCUT2D eigenvalue weighted by Gasteiger charge is -2.27. The maximum atomic E-state index is 5.83. The van der Waals surface area contributed by atoms with E-state index in [1.165, 1.54) is 128 Å². The molecule has 0 aromatic carbocycles. The summed E-state index contributed by atoms with van der Waals surface area (Å²) in [6.07, 6.45) is 26.8. The molecule has 0 aliphatic heterocycles. The van der Waals surface area contributed by atoms with Crippen LogP contribution in [0.2, 0.25) is 12.1 Å². The summed E-state index contributed by atoms with van der Waals surface area (Å²) < 4.78 is 11.7. The van der Waals surface area contributed by atoms with E-state index in [0.717, 1.165) is 6.04 Å². The van der Waals surface area contributed by atoms with Crippen LogP contribution in [0.4, 0.5) is 0 Å². The molecule has 2 nitrogen and oxygen atoms in total. The molecule has 0 saturated heterocycles. The minimum absolute atomic E-state index is 1.16. The molecule has 3 heteroatoms. The summed E-state index contributed by atoms with van der Waals surface area (Å²) >= 11 is 0. The van der Waals surface area contributed by atoms with Crippen LogP contribution in [0, 0.1) is 0 Å². The highest BCUT2D eigenvalue weighted by Crippen LogP contribution is 2.24. The smallest absolute Gasteiger partial charge is 0.337 e. The van der Waals surface area contributed by atoms with Crippen molar-refractivity contribution in [2.75, 3.05) is 14.2 Å². The van der Waals surface area contributed by atoms with Crippen LogP contribution in [0.15, 0.2) is 0 Å². The van der Waals surface area contributed by atoms with Crippen LogP contribution in [-0.2, 0) is 8.85 Å². The van der Waals surface area contributed by atoms with E-state index in [4.69, 9.17) is 8.85 Å². The molecular formula is C25H54O2Si. The van der Waals surface area contributed by atoms with Crippen molar-refractivity contribution in [2.45, 2.75) is 148 Å². The summed E-state index contributed by atoms with van der Waals surface area (Å²) in [5.41, 5.74) is 0. The second-order valence-electron chi connectivity index (χ2n) is 8.83. The van der Waals surface area contributed by atoms with Crippen LogP contribution in [-0.4, -0.2) is 22.8 Å². The van der Waals surface area contributed by atoms with Gasteiger partial charge in [0.2, 0.25) is 0 Å². The fourth-order valence-corrected chi connectivity index (χ4v) is 7.10. The first-order chi connectivity index (χ1) is 13.7. The number of rotatable bonds is 23. The highest BCUT2D eigenvalue weighted by Gasteiger charge is 2.33. The van der Waals surface area contributed by atoms with Crippen molar-refractivity contribution in [3.63, 3.8) is 0 Å². The van der Waals surface area contributed by atoms with Crippen LogP contribution < -0.4 is 0 Å². The molecule has 0 fully saturated rings. The molecule has 0 aliphatic carbocycles. The fraction of sp³-hybridized carbons (Fsp3) is 1.00. The number of hydrogen-bond acceptors (Lipinski definition) is 2. The first kappa shape index (κ1) is 28.1. The third-order valence-electron chi connectivity index (χ3n) is 6.32. The minimum atomic E-state index is -1.87. The van der Waals surface area contributed by atoms with Crippen molar-refractivity contribution in [3.8, 4) is 0 Å². The Balaban J connectivity index is 3.33. The summed E-state index contributed by atoms with van der Waals surface area (Å²) in [5.74, 6) is 0. The van der Waals surface area contributed by atoms with Crippen molar-refractivity contribution in [1.29, 1.82) is 0 Å². The Morgan fingerprint density at radius 2 is 0.679 bits per heavy atom. The molecular weight excluding hydrogens is 360 g/mol. The van der Waals surface area contributed by atoms with Crippen LogP contribution >= 0.6 is 0 Å². The van der Waals surface area contributed by atoms with Gasteiger partial charge in [0, 0.05) is 14.2 Å². The second kappa shape index (κ2) is 21.8. The summed E-state index contributed by atoms with van der Waals surface area (Å²) in [7, 11) is 1.85. The summed E-state index contributed by atoms with van der Waals surface area (Å²) in [4.78, 5) is 0. The van der Waals surface area contributed by atoms with Gasteiger partial charge in [-0.15, -0.1) is 0 Å². The Bertz CT molecular complexity index is 292. The Hall–Kier alpha value is 0.137. The molecule has 0 radical (unpaired) electrons. The molecule has 0 amide bonds. The van der Waals surface area contributed by atoms with Gasteiger partial charge >= 0.3 is 8.56 Å². The van der Waals surface area contributed by atoms with Crippen LogP contribution in [0.5, 0.6) is 0 Å². The Labute approximate surface area is 179 Å². The minimum Gasteiger partial charge on any atom is -0.398 e. The summed E-state index contributed by atoms with van der Waals surface area (Å²) in [5, 5.41) is 0. The van der Waals surface area contributed by atoms with Crippen molar-refractivity contribution in [3.05, 3.63) is 0 Å². The van der Waals surface area contributed by atoms with Crippen LogP contribution in [0.3, 0.4) is 0 Å². The zero-order valence-corrected chi connectivity index (χ0v) is 21.2. The van der Waals surface area contributed by atoms with Gasteiger partial charge in [0.05, 0.1) is 0 Å². The van der Waals surface area contributed by atoms with E-state index in [0.29, 0.717) is 0 Å².